The second-order valence-electron chi connectivity index (χ2n) is 4.53. The van der Waals surface area contributed by atoms with Crippen LogP contribution in [0.1, 0.15) is 19.8 Å². The van der Waals surface area contributed by atoms with Crippen molar-refractivity contribution in [3.8, 4) is 0 Å². The zero-order valence-corrected chi connectivity index (χ0v) is 11.4. The Labute approximate surface area is 113 Å². The third kappa shape index (κ3) is 4.04. The van der Waals surface area contributed by atoms with E-state index in [2.05, 4.69) is 6.58 Å². The summed E-state index contributed by atoms with van der Waals surface area (Å²) in [4.78, 5) is 24.7. The summed E-state index contributed by atoms with van der Waals surface area (Å²) in [5, 5.41) is 9.14. The molecule has 3 atom stereocenters. The van der Waals surface area contributed by atoms with Crippen molar-refractivity contribution >= 4 is 11.9 Å². The number of ether oxygens (including phenoxy) is 2. The first kappa shape index (κ1) is 15.7. The van der Waals surface area contributed by atoms with Crippen LogP contribution in [0.4, 0.5) is 0 Å². The number of amides is 1. The summed E-state index contributed by atoms with van der Waals surface area (Å²) in [5.41, 5.74) is 0. The first-order chi connectivity index (χ1) is 9.01. The van der Waals surface area contributed by atoms with Crippen LogP contribution in [0.25, 0.3) is 0 Å². The quantitative estimate of drug-likeness (QED) is 0.544. The maximum atomic E-state index is 12.2. The number of carboxylic acid groups (broad SMARTS) is 1. The highest BCUT2D eigenvalue weighted by atomic mass is 16.5. The number of aliphatic carboxylic acids is 1. The fraction of sp³-hybridized carbons (Fsp3) is 0.692. The van der Waals surface area contributed by atoms with Crippen molar-refractivity contribution in [2.75, 3.05) is 20.3 Å². The Morgan fingerprint density at radius 2 is 2.26 bits per heavy atom. The summed E-state index contributed by atoms with van der Waals surface area (Å²) in [6.07, 6.45) is 1.79. The van der Waals surface area contributed by atoms with Gasteiger partial charge in [-0.15, -0.1) is 6.58 Å². The van der Waals surface area contributed by atoms with E-state index in [4.69, 9.17) is 14.6 Å². The van der Waals surface area contributed by atoms with Crippen LogP contribution in [-0.4, -0.2) is 60.4 Å². The number of nitrogens with zero attached hydrogens (tertiary/aromatic N) is 1. The minimum Gasteiger partial charge on any atom is -0.480 e. The van der Waals surface area contributed by atoms with Crippen LogP contribution >= 0.6 is 0 Å². The Morgan fingerprint density at radius 3 is 2.79 bits per heavy atom. The van der Waals surface area contributed by atoms with Gasteiger partial charge in [-0.3, -0.25) is 4.79 Å². The highest BCUT2D eigenvalue weighted by molar-refractivity contribution is 5.86. The van der Waals surface area contributed by atoms with Gasteiger partial charge in [0.25, 0.3) is 5.91 Å². The maximum absolute atomic E-state index is 12.2. The molecular weight excluding hydrogens is 250 g/mol. The Kier molecular flexibility index (Phi) is 5.98. The van der Waals surface area contributed by atoms with Gasteiger partial charge in [0.15, 0.2) is 0 Å². The fourth-order valence-corrected chi connectivity index (χ4v) is 2.08. The van der Waals surface area contributed by atoms with Crippen LogP contribution in [0.15, 0.2) is 12.7 Å². The minimum atomic E-state index is -1.01. The lowest BCUT2D eigenvalue weighted by molar-refractivity contribution is -0.153. The summed E-state index contributed by atoms with van der Waals surface area (Å²) in [6, 6.07) is -0.831. The van der Waals surface area contributed by atoms with Gasteiger partial charge in [0, 0.05) is 20.1 Å². The molecule has 1 heterocycles. The van der Waals surface area contributed by atoms with Gasteiger partial charge in [-0.2, -0.15) is 0 Å². The molecule has 6 nitrogen and oxygen atoms in total. The van der Waals surface area contributed by atoms with Gasteiger partial charge < -0.3 is 19.5 Å². The van der Waals surface area contributed by atoms with Crippen molar-refractivity contribution < 1.29 is 24.2 Å². The van der Waals surface area contributed by atoms with Crippen molar-refractivity contribution in [3.63, 3.8) is 0 Å². The maximum Gasteiger partial charge on any atom is 0.326 e. The predicted molar refractivity (Wildman–Crippen MR) is 68.8 cm³/mol. The number of rotatable bonds is 7. The molecule has 6 heteroatoms. The second kappa shape index (κ2) is 7.25. The molecule has 0 radical (unpaired) electrons. The number of carbonyl (C=O) groups is 2. The molecule has 1 aliphatic rings. The summed E-state index contributed by atoms with van der Waals surface area (Å²) >= 11 is 0. The molecule has 0 aromatic carbocycles. The lowest BCUT2D eigenvalue weighted by Gasteiger charge is -2.24. The summed E-state index contributed by atoms with van der Waals surface area (Å²) < 4.78 is 10.5. The summed E-state index contributed by atoms with van der Waals surface area (Å²) in [6.45, 7) is 5.89. The van der Waals surface area contributed by atoms with Gasteiger partial charge in [0.05, 0.1) is 12.7 Å². The highest BCUT2D eigenvalue weighted by Gasteiger charge is 2.41. The predicted octanol–water partition coefficient (Wildman–Crippen LogP) is 0.668. The zero-order valence-electron chi connectivity index (χ0n) is 11.4. The van der Waals surface area contributed by atoms with E-state index in [9.17, 15) is 9.59 Å². The molecule has 19 heavy (non-hydrogen) atoms. The average Bonchev–Trinajstić information content (AvgIpc) is 2.82. The SMILES string of the molecule is C=CCCOC(C)C(=O)N1CC(OC)CC1C(=O)O. The first-order valence-corrected chi connectivity index (χ1v) is 6.29. The van der Waals surface area contributed by atoms with E-state index in [0.29, 0.717) is 26.0 Å². The molecule has 0 aromatic heterocycles. The van der Waals surface area contributed by atoms with Crippen molar-refractivity contribution in [2.24, 2.45) is 0 Å². The molecule has 3 unspecified atom stereocenters. The molecule has 1 saturated heterocycles. The summed E-state index contributed by atoms with van der Waals surface area (Å²) in [7, 11) is 1.52. The number of hydrogen-bond donors (Lipinski definition) is 1. The molecule has 1 rings (SSSR count). The molecule has 1 aliphatic heterocycles. The number of likely N-dealkylation sites (tertiary alicyclic amines) is 1. The van der Waals surface area contributed by atoms with Crippen molar-refractivity contribution in [1.29, 1.82) is 0 Å². The lowest BCUT2D eigenvalue weighted by Crippen LogP contribution is -2.45. The van der Waals surface area contributed by atoms with Crippen molar-refractivity contribution in [3.05, 3.63) is 12.7 Å². The third-order valence-corrected chi connectivity index (χ3v) is 3.20. The highest BCUT2D eigenvalue weighted by Crippen LogP contribution is 2.21. The standard InChI is InChI=1S/C13H21NO5/c1-4-5-6-19-9(2)12(15)14-8-10(18-3)7-11(14)13(16)17/h4,9-11H,1,5-8H2,2-3H3,(H,16,17). The molecule has 0 aliphatic carbocycles. The molecule has 108 valence electrons. The molecule has 0 spiro atoms. The van der Waals surface area contributed by atoms with E-state index < -0.39 is 18.1 Å². The van der Waals surface area contributed by atoms with E-state index in [-0.39, 0.29) is 12.0 Å². The normalized spacial score (nSPS) is 24.2. The van der Waals surface area contributed by atoms with Gasteiger partial charge in [0.2, 0.25) is 0 Å². The van der Waals surface area contributed by atoms with Crippen LogP contribution < -0.4 is 0 Å². The Bertz CT molecular complexity index is 344. The molecule has 0 saturated carbocycles. The minimum absolute atomic E-state index is 0.231. The van der Waals surface area contributed by atoms with E-state index in [0.717, 1.165) is 0 Å². The first-order valence-electron chi connectivity index (χ1n) is 6.29. The second-order valence-corrected chi connectivity index (χ2v) is 4.53. The van der Waals surface area contributed by atoms with E-state index in [1.54, 1.807) is 13.0 Å². The van der Waals surface area contributed by atoms with Crippen LogP contribution in [-0.2, 0) is 19.1 Å². The van der Waals surface area contributed by atoms with Gasteiger partial charge in [-0.25, -0.2) is 4.79 Å². The van der Waals surface area contributed by atoms with Crippen molar-refractivity contribution in [2.45, 2.75) is 38.0 Å². The Hall–Kier alpha value is -1.40. The number of carbonyl (C=O) groups excluding carboxylic acids is 1. The van der Waals surface area contributed by atoms with E-state index >= 15 is 0 Å². The number of hydrogen-bond acceptors (Lipinski definition) is 4. The monoisotopic (exact) mass is 271 g/mol. The Balaban J connectivity index is 2.62. The van der Waals surface area contributed by atoms with Crippen LogP contribution in [0.3, 0.4) is 0 Å². The molecule has 1 fully saturated rings. The topological polar surface area (TPSA) is 76.1 Å². The molecule has 1 amide bonds. The van der Waals surface area contributed by atoms with Gasteiger partial charge in [0.1, 0.15) is 12.1 Å². The van der Waals surface area contributed by atoms with E-state index in [1.165, 1.54) is 12.0 Å². The van der Waals surface area contributed by atoms with Gasteiger partial charge in [-0.1, -0.05) is 6.08 Å². The van der Waals surface area contributed by atoms with Crippen molar-refractivity contribution in [1.82, 2.24) is 4.90 Å². The zero-order chi connectivity index (χ0) is 14.4. The van der Waals surface area contributed by atoms with Crippen LogP contribution in [0.2, 0.25) is 0 Å². The third-order valence-electron chi connectivity index (χ3n) is 3.20. The average molecular weight is 271 g/mol. The van der Waals surface area contributed by atoms with Crippen LogP contribution in [0.5, 0.6) is 0 Å². The number of carboxylic acids is 1. The van der Waals surface area contributed by atoms with Gasteiger partial charge in [-0.05, 0) is 13.3 Å². The number of methoxy groups -OCH3 is 1. The van der Waals surface area contributed by atoms with Gasteiger partial charge >= 0.3 is 5.97 Å². The molecule has 0 bridgehead atoms. The largest absolute Gasteiger partial charge is 0.480 e. The smallest absolute Gasteiger partial charge is 0.326 e. The van der Waals surface area contributed by atoms with E-state index in [1.807, 2.05) is 0 Å². The lowest BCUT2D eigenvalue weighted by atomic mass is 10.2. The molecule has 1 N–H and O–H groups in total. The Morgan fingerprint density at radius 1 is 1.58 bits per heavy atom. The summed E-state index contributed by atoms with van der Waals surface area (Å²) in [5.74, 6) is -1.32. The van der Waals surface area contributed by atoms with Crippen LogP contribution in [0, 0.1) is 0 Å². The molecular formula is C13H21NO5. The molecule has 0 aromatic rings. The fourth-order valence-electron chi connectivity index (χ4n) is 2.08.